The minimum atomic E-state index is -1.00. The number of aromatic nitrogens is 2. The molecule has 1 aliphatic heterocycles. The van der Waals surface area contributed by atoms with Crippen molar-refractivity contribution in [3.05, 3.63) is 77.9 Å². The highest BCUT2D eigenvalue weighted by molar-refractivity contribution is 6.00. The van der Waals surface area contributed by atoms with Crippen LogP contribution in [0, 0.1) is 0 Å². The maximum Gasteiger partial charge on any atom is 0.323 e. The van der Waals surface area contributed by atoms with Crippen LogP contribution in [-0.2, 0) is 10.3 Å². The lowest BCUT2D eigenvalue weighted by Gasteiger charge is -2.29. The first kappa shape index (κ1) is 28.0. The third-order valence-electron chi connectivity index (χ3n) is 6.89. The molecule has 0 bridgehead atoms. The van der Waals surface area contributed by atoms with Gasteiger partial charge in [-0.2, -0.15) is 0 Å². The monoisotopic (exact) mass is 554 g/mol. The number of aliphatic hydroxyl groups is 1. The molecule has 212 valence electrons. The molecule has 5 rings (SSSR count). The number of rotatable bonds is 6. The van der Waals surface area contributed by atoms with Crippen molar-refractivity contribution < 1.29 is 19.4 Å². The van der Waals surface area contributed by atoms with Gasteiger partial charge in [0.15, 0.2) is 5.82 Å². The van der Waals surface area contributed by atoms with Gasteiger partial charge in [0.2, 0.25) is 0 Å². The van der Waals surface area contributed by atoms with Gasteiger partial charge in [0.25, 0.3) is 5.91 Å². The normalized spacial score (nSPS) is 13.6. The van der Waals surface area contributed by atoms with Gasteiger partial charge in [0.1, 0.15) is 5.82 Å². The molecule has 1 aromatic heterocycles. The Morgan fingerprint density at radius 1 is 0.902 bits per heavy atom. The topological polar surface area (TPSA) is 120 Å². The van der Waals surface area contributed by atoms with Crippen LogP contribution in [-0.4, -0.2) is 72.3 Å². The number of nitrogens with zero attached hydrogens (tertiary/aromatic N) is 4. The molecule has 0 radical (unpaired) electrons. The smallest absolute Gasteiger partial charge is 0.323 e. The Labute approximate surface area is 239 Å². The molecule has 3 aromatic carbocycles. The fourth-order valence-electron chi connectivity index (χ4n) is 4.59. The molecule has 0 unspecified atom stereocenters. The maximum absolute atomic E-state index is 12.6. The summed E-state index contributed by atoms with van der Waals surface area (Å²) in [6, 6.07) is 19.4. The molecule has 0 saturated carbocycles. The van der Waals surface area contributed by atoms with E-state index in [4.69, 9.17) is 14.7 Å². The molecular weight excluding hydrogens is 520 g/mol. The van der Waals surface area contributed by atoms with Crippen LogP contribution in [0.5, 0.6) is 0 Å². The summed E-state index contributed by atoms with van der Waals surface area (Å²) < 4.78 is 5.54. The molecular formula is C31H34N6O4. The summed E-state index contributed by atoms with van der Waals surface area (Å²) in [5.41, 5.74) is 3.02. The molecule has 0 spiro atoms. The van der Waals surface area contributed by atoms with Crippen LogP contribution in [0.25, 0.3) is 22.3 Å². The number of morpholine rings is 1. The third kappa shape index (κ3) is 6.45. The molecule has 1 saturated heterocycles. The summed E-state index contributed by atoms with van der Waals surface area (Å²) in [5, 5.41) is 17.1. The number of nitrogens with one attached hydrogen (secondary N) is 2. The first-order chi connectivity index (χ1) is 19.6. The summed E-state index contributed by atoms with van der Waals surface area (Å²) in [4.78, 5) is 38.1. The second-order valence-corrected chi connectivity index (χ2v) is 10.7. The molecule has 0 atom stereocenters. The van der Waals surface area contributed by atoms with Gasteiger partial charge < -0.3 is 30.3 Å². The number of hydrogen-bond acceptors (Lipinski definition) is 7. The highest BCUT2D eigenvalue weighted by Crippen LogP contribution is 2.31. The predicted octanol–water partition coefficient (Wildman–Crippen LogP) is 4.71. The van der Waals surface area contributed by atoms with E-state index in [1.165, 1.54) is 4.90 Å². The summed E-state index contributed by atoms with van der Waals surface area (Å²) in [7, 11) is 3.38. The van der Waals surface area contributed by atoms with Crippen molar-refractivity contribution in [3.8, 4) is 11.4 Å². The van der Waals surface area contributed by atoms with Crippen molar-refractivity contribution in [3.63, 3.8) is 0 Å². The molecule has 4 aromatic rings. The van der Waals surface area contributed by atoms with Crippen LogP contribution in [0.1, 0.15) is 29.8 Å². The number of benzene rings is 3. The van der Waals surface area contributed by atoms with Crippen LogP contribution in [0.4, 0.5) is 22.0 Å². The number of hydrogen-bond donors (Lipinski definition) is 3. The van der Waals surface area contributed by atoms with Crippen LogP contribution >= 0.6 is 0 Å². The van der Waals surface area contributed by atoms with Gasteiger partial charge in [-0.3, -0.25) is 4.79 Å². The predicted molar refractivity (Wildman–Crippen MR) is 160 cm³/mol. The van der Waals surface area contributed by atoms with Gasteiger partial charge in [0.05, 0.1) is 24.3 Å². The molecule has 3 N–H and O–H groups in total. The van der Waals surface area contributed by atoms with E-state index in [1.807, 2.05) is 30.3 Å². The highest BCUT2D eigenvalue weighted by Gasteiger charge is 2.21. The van der Waals surface area contributed by atoms with Crippen LogP contribution in [0.2, 0.25) is 0 Å². The zero-order chi connectivity index (χ0) is 29.1. The van der Waals surface area contributed by atoms with E-state index in [1.54, 1.807) is 64.3 Å². The standard InChI is InChI=1S/C31H34N6O4/c1-31(2,40)22-9-14-25-26(19-22)34-27(35-28(25)37-15-17-41-18-16-37)20-5-10-23(11-6-20)32-30(39)33-24-12-7-21(8-13-24)29(38)36(3)4/h5-14,19,40H,15-18H2,1-4H3,(H2,32,33,39). The van der Waals surface area contributed by atoms with Crippen molar-refractivity contribution in [2.24, 2.45) is 0 Å². The quantitative estimate of drug-likeness (QED) is 0.316. The van der Waals surface area contributed by atoms with E-state index >= 15 is 0 Å². The van der Waals surface area contributed by atoms with Gasteiger partial charge in [-0.05, 0) is 80.1 Å². The molecule has 2 heterocycles. The molecule has 10 nitrogen and oxygen atoms in total. The summed E-state index contributed by atoms with van der Waals surface area (Å²) >= 11 is 0. The summed E-state index contributed by atoms with van der Waals surface area (Å²) in [6.07, 6.45) is 0. The molecule has 1 aliphatic rings. The summed E-state index contributed by atoms with van der Waals surface area (Å²) in [5.74, 6) is 1.27. The first-order valence-electron chi connectivity index (χ1n) is 13.5. The van der Waals surface area contributed by atoms with Crippen molar-refractivity contribution in [2.45, 2.75) is 19.4 Å². The van der Waals surface area contributed by atoms with E-state index in [0.29, 0.717) is 36.0 Å². The molecule has 0 aliphatic carbocycles. The largest absolute Gasteiger partial charge is 0.386 e. The van der Waals surface area contributed by atoms with Gasteiger partial charge in [-0.25, -0.2) is 14.8 Å². The van der Waals surface area contributed by atoms with E-state index in [2.05, 4.69) is 15.5 Å². The van der Waals surface area contributed by atoms with Crippen molar-refractivity contribution >= 4 is 40.0 Å². The lowest BCUT2D eigenvalue weighted by Crippen LogP contribution is -2.37. The fraction of sp³-hybridized carbons (Fsp3) is 0.290. The Balaban J connectivity index is 1.36. The zero-order valence-electron chi connectivity index (χ0n) is 23.6. The lowest BCUT2D eigenvalue weighted by atomic mass is 9.97. The average molecular weight is 555 g/mol. The van der Waals surface area contributed by atoms with Gasteiger partial charge in [-0.15, -0.1) is 0 Å². The fourth-order valence-corrected chi connectivity index (χ4v) is 4.59. The van der Waals surface area contributed by atoms with E-state index in [0.717, 1.165) is 40.9 Å². The maximum atomic E-state index is 12.6. The van der Waals surface area contributed by atoms with Crippen LogP contribution < -0.4 is 15.5 Å². The molecule has 1 fully saturated rings. The van der Waals surface area contributed by atoms with Crippen molar-refractivity contribution in [2.75, 3.05) is 55.9 Å². The average Bonchev–Trinajstić information content (AvgIpc) is 2.96. The minimum absolute atomic E-state index is 0.105. The number of amides is 3. The lowest BCUT2D eigenvalue weighted by molar-refractivity contribution is 0.0786. The van der Waals surface area contributed by atoms with E-state index in [9.17, 15) is 14.7 Å². The Bertz CT molecular complexity index is 1560. The van der Waals surface area contributed by atoms with Gasteiger partial charge in [0, 0.05) is 55.1 Å². The van der Waals surface area contributed by atoms with Gasteiger partial charge in [-0.1, -0.05) is 6.07 Å². The number of anilines is 3. The summed E-state index contributed by atoms with van der Waals surface area (Å²) in [6.45, 7) is 6.22. The van der Waals surface area contributed by atoms with Crippen molar-refractivity contribution in [1.29, 1.82) is 0 Å². The van der Waals surface area contributed by atoms with Crippen molar-refractivity contribution in [1.82, 2.24) is 14.9 Å². The Morgan fingerprint density at radius 2 is 1.51 bits per heavy atom. The Morgan fingerprint density at radius 3 is 2.10 bits per heavy atom. The molecule has 41 heavy (non-hydrogen) atoms. The molecule has 10 heteroatoms. The zero-order valence-corrected chi connectivity index (χ0v) is 23.6. The third-order valence-corrected chi connectivity index (χ3v) is 6.89. The van der Waals surface area contributed by atoms with Crippen LogP contribution in [0.15, 0.2) is 66.7 Å². The van der Waals surface area contributed by atoms with Gasteiger partial charge >= 0.3 is 6.03 Å². The van der Waals surface area contributed by atoms with E-state index < -0.39 is 11.6 Å². The second kappa shape index (κ2) is 11.5. The number of carbonyl (C=O) groups is 2. The molecule has 3 amide bonds. The number of carbonyl (C=O) groups excluding carboxylic acids is 2. The minimum Gasteiger partial charge on any atom is -0.386 e. The highest BCUT2D eigenvalue weighted by atomic mass is 16.5. The Kier molecular flexibility index (Phi) is 7.87. The van der Waals surface area contributed by atoms with E-state index in [-0.39, 0.29) is 5.91 Å². The Hall–Kier alpha value is -4.54. The second-order valence-electron chi connectivity index (χ2n) is 10.7. The number of ether oxygens (including phenoxy) is 1. The van der Waals surface area contributed by atoms with Crippen LogP contribution in [0.3, 0.4) is 0 Å². The number of urea groups is 1. The SMILES string of the molecule is CN(C)C(=O)c1ccc(NC(=O)Nc2ccc(-c3nc(N4CCOCC4)c4ccc(C(C)(C)O)cc4n3)cc2)cc1. The number of fused-ring (bicyclic) bond motifs is 1. The first-order valence-corrected chi connectivity index (χ1v) is 13.5.